The second kappa shape index (κ2) is 16.1. The normalized spacial score (nSPS) is 19.1. The van der Waals surface area contributed by atoms with E-state index < -0.39 is 29.7 Å². The quantitative estimate of drug-likeness (QED) is 0.198. The van der Waals surface area contributed by atoms with Gasteiger partial charge in [-0.25, -0.2) is 4.98 Å². The Hall–Kier alpha value is -6.07. The first-order valence-corrected chi connectivity index (χ1v) is 19.7. The Labute approximate surface area is 338 Å². The minimum Gasteiger partial charge on any atom is -0.478 e. The minimum atomic E-state index is -0.996. The second-order valence-electron chi connectivity index (χ2n) is 15.0. The number of imide groups is 2. The number of fused-ring (bicyclic) bond motifs is 2. The van der Waals surface area contributed by atoms with Crippen LogP contribution >= 0.6 is 11.6 Å². The second-order valence-corrected chi connectivity index (χ2v) is 15.4. The highest BCUT2D eigenvalue weighted by Gasteiger charge is 2.46. The highest BCUT2D eigenvalue weighted by molar-refractivity contribution is 6.33. The van der Waals surface area contributed by atoms with E-state index in [9.17, 15) is 28.8 Å². The Balaban J connectivity index is 0.859. The highest BCUT2D eigenvalue weighted by atomic mass is 35.5. The van der Waals surface area contributed by atoms with Gasteiger partial charge in [-0.05, 0) is 61.6 Å². The third-order valence-electron chi connectivity index (χ3n) is 11.4. The number of carbonyl (C=O) groups is 5. The van der Waals surface area contributed by atoms with Crippen molar-refractivity contribution in [1.29, 1.82) is 0 Å². The van der Waals surface area contributed by atoms with Crippen molar-refractivity contribution in [3.8, 4) is 5.75 Å². The van der Waals surface area contributed by atoms with Crippen molar-refractivity contribution in [1.82, 2.24) is 35.0 Å². The van der Waals surface area contributed by atoms with Gasteiger partial charge in [0, 0.05) is 77.4 Å². The molecule has 3 saturated heterocycles. The summed E-state index contributed by atoms with van der Waals surface area (Å²) in [5.74, 6) is -0.812. The number of aromatic nitrogens is 3. The summed E-state index contributed by atoms with van der Waals surface area (Å²) in [5.41, 5.74) is 2.37. The molecule has 302 valence electrons. The van der Waals surface area contributed by atoms with E-state index in [2.05, 4.69) is 35.6 Å². The number of likely N-dealkylation sites (N-methyl/N-ethyl adjacent to an activating group) is 1. The molecule has 2 aromatic heterocycles. The van der Waals surface area contributed by atoms with Crippen molar-refractivity contribution in [2.24, 2.45) is 13.0 Å². The van der Waals surface area contributed by atoms with E-state index in [4.69, 9.17) is 21.3 Å². The minimum absolute atomic E-state index is 0.0656. The maximum Gasteiger partial charge on any atom is 0.293 e. The van der Waals surface area contributed by atoms with Crippen LogP contribution in [0.4, 0.5) is 23.1 Å². The Morgan fingerprint density at radius 1 is 0.948 bits per heavy atom. The number of hydrogen-bond acceptors (Lipinski definition) is 13. The van der Waals surface area contributed by atoms with Gasteiger partial charge >= 0.3 is 0 Å². The number of pyridine rings is 1. The zero-order valence-electron chi connectivity index (χ0n) is 32.1. The van der Waals surface area contributed by atoms with Crippen LogP contribution in [0.5, 0.6) is 5.75 Å². The van der Waals surface area contributed by atoms with Gasteiger partial charge in [0.2, 0.25) is 17.8 Å². The fraction of sp³-hybridized carbons (Fsp3) is 0.400. The number of carbonyl (C=O) groups excluding carboxylic acids is 5. The van der Waals surface area contributed by atoms with Crippen LogP contribution in [0.25, 0.3) is 10.9 Å². The number of piperazine rings is 1. The molecular formula is C40H43ClN10O7. The lowest BCUT2D eigenvalue weighted by molar-refractivity contribution is -0.136. The van der Waals surface area contributed by atoms with Gasteiger partial charge in [0.05, 0.1) is 28.5 Å². The summed E-state index contributed by atoms with van der Waals surface area (Å²) in [6.45, 7) is 5.27. The number of rotatable bonds is 10. The summed E-state index contributed by atoms with van der Waals surface area (Å²) in [4.78, 5) is 92.8. The lowest BCUT2D eigenvalue weighted by Crippen LogP contribution is -2.54. The van der Waals surface area contributed by atoms with E-state index in [0.717, 1.165) is 68.9 Å². The van der Waals surface area contributed by atoms with E-state index in [1.165, 1.54) is 11.6 Å². The van der Waals surface area contributed by atoms with E-state index in [1.54, 1.807) is 31.4 Å². The van der Waals surface area contributed by atoms with Gasteiger partial charge in [-0.1, -0.05) is 17.7 Å². The van der Waals surface area contributed by atoms with E-state index in [0.29, 0.717) is 50.7 Å². The number of ether oxygens (including phenoxy) is 1. The largest absolute Gasteiger partial charge is 0.478 e. The van der Waals surface area contributed by atoms with E-state index in [1.807, 2.05) is 24.3 Å². The number of benzene rings is 2. The third kappa shape index (κ3) is 7.54. The molecule has 5 amide bonds. The number of nitrogens with one attached hydrogen (secondary N) is 3. The molecule has 1 atom stereocenters. The molecule has 0 radical (unpaired) electrons. The molecule has 17 nitrogen and oxygen atoms in total. The van der Waals surface area contributed by atoms with Crippen LogP contribution in [0.2, 0.25) is 5.02 Å². The average molecular weight is 811 g/mol. The molecule has 1 unspecified atom stereocenters. The predicted molar refractivity (Wildman–Crippen MR) is 216 cm³/mol. The Kier molecular flexibility index (Phi) is 10.7. The first-order valence-electron chi connectivity index (χ1n) is 19.3. The van der Waals surface area contributed by atoms with Gasteiger partial charge in [0.25, 0.3) is 23.3 Å². The summed E-state index contributed by atoms with van der Waals surface area (Å²) in [6.07, 6.45) is 3.63. The maximum atomic E-state index is 13.6. The van der Waals surface area contributed by atoms with Crippen LogP contribution < -0.4 is 36.0 Å². The zero-order chi connectivity index (χ0) is 40.7. The molecule has 0 aliphatic carbocycles. The molecule has 18 heteroatoms. The molecule has 0 bridgehead atoms. The molecule has 4 aliphatic heterocycles. The number of hydrogen-bond donors (Lipinski definition) is 3. The molecule has 3 N–H and O–H groups in total. The maximum absolute atomic E-state index is 13.6. The summed E-state index contributed by atoms with van der Waals surface area (Å²) >= 11 is 6.55. The fourth-order valence-electron chi connectivity index (χ4n) is 8.20. The lowest BCUT2D eigenvalue weighted by atomic mass is 9.94. The molecular weight excluding hydrogens is 768 g/mol. The predicted octanol–water partition coefficient (Wildman–Crippen LogP) is 2.29. The van der Waals surface area contributed by atoms with Crippen molar-refractivity contribution < 1.29 is 28.7 Å². The standard InChI is InChI=1S/C40H43ClN10O7/c1-42-33(53)22-58-31-19-24-18-25(6-7-28(24)47(2)38(31)56)44-35-27(41)20-43-40(46-35)50-16-14-48(15-17-50)21-23-10-12-49(13-11-23)29-5-3-4-26-34(29)39(57)51(37(26)55)30-8-9-32(52)45-36(30)54/h3-7,18-20,23,30H,8-17,21-22H2,1-2H3,(H,42,53)(H,43,44,46)(H,45,52,54). The summed E-state index contributed by atoms with van der Waals surface area (Å²) in [5, 5.41) is 9.10. The van der Waals surface area contributed by atoms with Crippen molar-refractivity contribution in [2.75, 3.05) is 74.6 Å². The number of anilines is 4. The monoisotopic (exact) mass is 810 g/mol. The Morgan fingerprint density at radius 3 is 2.47 bits per heavy atom. The molecule has 8 rings (SSSR count). The molecule has 4 aliphatic rings. The fourth-order valence-corrected chi connectivity index (χ4v) is 8.34. The molecule has 3 fully saturated rings. The summed E-state index contributed by atoms with van der Waals surface area (Å²) in [6, 6.07) is 11.4. The SMILES string of the molecule is CNC(=O)COc1cc2cc(Nc3nc(N4CCN(CC5CCN(c6cccc7c6C(=O)N(C6CCC(=O)NC6=O)C7=O)CC5)CC4)ncc3Cl)ccc2n(C)c1=O. The average Bonchev–Trinajstić information content (AvgIpc) is 3.48. The van der Waals surface area contributed by atoms with Crippen LogP contribution in [0.1, 0.15) is 46.4 Å². The van der Waals surface area contributed by atoms with Crippen molar-refractivity contribution in [3.63, 3.8) is 0 Å². The molecule has 58 heavy (non-hydrogen) atoms. The third-order valence-corrected chi connectivity index (χ3v) is 11.7. The van der Waals surface area contributed by atoms with Crippen molar-refractivity contribution in [2.45, 2.75) is 31.7 Å². The van der Waals surface area contributed by atoms with Crippen LogP contribution in [-0.2, 0) is 21.4 Å². The number of amides is 5. The number of halogens is 1. The van der Waals surface area contributed by atoms with Crippen LogP contribution in [-0.4, -0.2) is 119 Å². The molecule has 2 aromatic carbocycles. The van der Waals surface area contributed by atoms with E-state index in [-0.39, 0.29) is 36.7 Å². The van der Waals surface area contributed by atoms with Crippen LogP contribution in [0.3, 0.4) is 0 Å². The van der Waals surface area contributed by atoms with Gasteiger partial charge in [-0.2, -0.15) is 4.98 Å². The summed E-state index contributed by atoms with van der Waals surface area (Å²) in [7, 11) is 3.14. The summed E-state index contributed by atoms with van der Waals surface area (Å²) < 4.78 is 6.97. The number of piperidine rings is 2. The van der Waals surface area contributed by atoms with Gasteiger partial charge in [0.15, 0.2) is 18.2 Å². The molecule has 0 saturated carbocycles. The number of aryl methyl sites for hydroxylation is 1. The molecule has 0 spiro atoms. The van der Waals surface area contributed by atoms with E-state index >= 15 is 0 Å². The van der Waals surface area contributed by atoms with Gasteiger partial charge in [-0.3, -0.25) is 43.9 Å². The highest BCUT2D eigenvalue weighted by Crippen LogP contribution is 2.36. The molecule has 4 aromatic rings. The topological polar surface area (TPSA) is 191 Å². The van der Waals surface area contributed by atoms with Crippen LogP contribution in [0, 0.1) is 5.92 Å². The van der Waals surface area contributed by atoms with Crippen molar-refractivity contribution >= 4 is 75.2 Å². The Bertz CT molecular complexity index is 2390. The number of nitrogens with zero attached hydrogens (tertiary/aromatic N) is 7. The lowest BCUT2D eigenvalue weighted by Gasteiger charge is -2.39. The van der Waals surface area contributed by atoms with Crippen molar-refractivity contribution in [3.05, 3.63) is 75.2 Å². The first kappa shape index (κ1) is 38.8. The smallest absolute Gasteiger partial charge is 0.293 e. The van der Waals surface area contributed by atoms with Crippen LogP contribution in [0.15, 0.2) is 53.5 Å². The Morgan fingerprint density at radius 2 is 1.72 bits per heavy atom. The first-order chi connectivity index (χ1) is 28.0. The van der Waals surface area contributed by atoms with Gasteiger partial charge in [-0.15, -0.1) is 0 Å². The molecule has 6 heterocycles. The van der Waals surface area contributed by atoms with Gasteiger partial charge in [0.1, 0.15) is 11.1 Å². The van der Waals surface area contributed by atoms with Gasteiger partial charge < -0.3 is 29.7 Å². The zero-order valence-corrected chi connectivity index (χ0v) is 32.9.